The van der Waals surface area contributed by atoms with Gasteiger partial charge in [0.05, 0.1) is 11.4 Å². The molecule has 0 N–H and O–H groups in total. The second-order valence-electron chi connectivity index (χ2n) is 15.4. The van der Waals surface area contributed by atoms with Gasteiger partial charge in [-0.05, 0) is 86.3 Å². The quantitative estimate of drug-likeness (QED) is 0.178. The molecule has 0 bridgehead atoms. The van der Waals surface area contributed by atoms with E-state index in [9.17, 15) is 0 Å². The van der Waals surface area contributed by atoms with Crippen molar-refractivity contribution in [3.05, 3.63) is 193 Å². The lowest BCUT2D eigenvalue weighted by Crippen LogP contribution is -2.14. The van der Waals surface area contributed by atoms with Gasteiger partial charge >= 0.3 is 0 Å². The maximum Gasteiger partial charge on any atom is 0.160 e. The molecule has 0 saturated heterocycles. The summed E-state index contributed by atoms with van der Waals surface area (Å²) in [5.41, 5.74) is 16.4. The van der Waals surface area contributed by atoms with Crippen molar-refractivity contribution in [2.45, 2.75) is 19.3 Å². The molecule has 2 aromatic heterocycles. The molecule has 2 heterocycles. The molecule has 1 aliphatic rings. The summed E-state index contributed by atoms with van der Waals surface area (Å²) in [6, 6.07) is 64.7. The highest BCUT2D eigenvalue weighted by atomic mass is 16.3. The average Bonchev–Trinajstić information content (AvgIpc) is 3.75. The predicted molar refractivity (Wildman–Crippen MR) is 232 cm³/mol. The lowest BCUT2D eigenvalue weighted by molar-refractivity contribution is 0.660. The molecule has 3 heteroatoms. The van der Waals surface area contributed by atoms with E-state index in [0.29, 0.717) is 5.82 Å². The van der Waals surface area contributed by atoms with Crippen molar-refractivity contribution in [1.82, 2.24) is 9.97 Å². The van der Waals surface area contributed by atoms with Crippen LogP contribution in [0.2, 0.25) is 0 Å². The van der Waals surface area contributed by atoms with Crippen LogP contribution < -0.4 is 0 Å². The Hall–Kier alpha value is -7.10. The molecule has 11 rings (SSSR count). The van der Waals surface area contributed by atoms with E-state index in [1.54, 1.807) is 0 Å². The Morgan fingerprint density at radius 1 is 0.375 bits per heavy atom. The van der Waals surface area contributed by atoms with E-state index in [-0.39, 0.29) is 5.41 Å². The second-order valence-corrected chi connectivity index (χ2v) is 15.4. The number of nitrogens with zero attached hydrogens (tertiary/aromatic N) is 2. The molecule has 0 saturated carbocycles. The van der Waals surface area contributed by atoms with E-state index in [4.69, 9.17) is 14.4 Å². The SMILES string of the molecule is CC1(C)c2ccccc2-c2ccc(-c3cc(-c4cc5c6ccc(-c7cccc(-c8ccccc8)c7)cc6oc5c5ccccc45)nc(-c4ccccc4)n3)cc21. The van der Waals surface area contributed by atoms with Gasteiger partial charge in [0, 0.05) is 38.3 Å². The molecule has 0 atom stereocenters. The van der Waals surface area contributed by atoms with Crippen LogP contribution in [-0.2, 0) is 5.41 Å². The lowest BCUT2D eigenvalue weighted by Gasteiger charge is -2.22. The van der Waals surface area contributed by atoms with Crippen molar-refractivity contribution in [2.75, 3.05) is 0 Å². The topological polar surface area (TPSA) is 38.9 Å². The first-order chi connectivity index (χ1) is 27.5. The first-order valence-electron chi connectivity index (χ1n) is 19.2. The Kier molecular flexibility index (Phi) is 7.20. The summed E-state index contributed by atoms with van der Waals surface area (Å²) in [5, 5.41) is 4.29. The fourth-order valence-electron chi connectivity index (χ4n) is 8.81. The molecular weight excluding hydrogens is 681 g/mol. The van der Waals surface area contributed by atoms with Gasteiger partial charge in [0.25, 0.3) is 0 Å². The Bertz CT molecular complexity index is 3160. The van der Waals surface area contributed by atoms with Crippen LogP contribution in [-0.4, -0.2) is 9.97 Å². The Labute approximate surface area is 325 Å². The van der Waals surface area contributed by atoms with Crippen LogP contribution in [0.15, 0.2) is 186 Å². The molecule has 0 aliphatic heterocycles. The number of hydrogen-bond donors (Lipinski definition) is 0. The summed E-state index contributed by atoms with van der Waals surface area (Å²) >= 11 is 0. The number of furan rings is 1. The van der Waals surface area contributed by atoms with E-state index >= 15 is 0 Å². The third-order valence-electron chi connectivity index (χ3n) is 11.7. The first-order valence-corrected chi connectivity index (χ1v) is 19.2. The van der Waals surface area contributed by atoms with Crippen molar-refractivity contribution in [3.8, 4) is 67.3 Å². The highest BCUT2D eigenvalue weighted by Gasteiger charge is 2.35. The molecule has 264 valence electrons. The van der Waals surface area contributed by atoms with Gasteiger partial charge in [0.2, 0.25) is 0 Å². The van der Waals surface area contributed by atoms with Gasteiger partial charge in [-0.3, -0.25) is 0 Å². The molecule has 0 amide bonds. The predicted octanol–water partition coefficient (Wildman–Crippen LogP) is 14.2. The van der Waals surface area contributed by atoms with Crippen LogP contribution in [0.3, 0.4) is 0 Å². The fraction of sp³-hybridized carbons (Fsp3) is 0.0566. The van der Waals surface area contributed by atoms with E-state index in [1.165, 1.54) is 33.4 Å². The summed E-state index contributed by atoms with van der Waals surface area (Å²) in [6.07, 6.45) is 0. The molecule has 0 spiro atoms. The second kappa shape index (κ2) is 12.5. The number of fused-ring (bicyclic) bond motifs is 8. The molecule has 1 aliphatic carbocycles. The highest BCUT2D eigenvalue weighted by molar-refractivity contribution is 6.19. The van der Waals surface area contributed by atoms with Gasteiger partial charge in [-0.2, -0.15) is 0 Å². The summed E-state index contributed by atoms with van der Waals surface area (Å²) in [5.74, 6) is 0.699. The first kappa shape index (κ1) is 32.3. The van der Waals surface area contributed by atoms with E-state index in [2.05, 4.69) is 178 Å². The molecule has 8 aromatic carbocycles. The summed E-state index contributed by atoms with van der Waals surface area (Å²) < 4.78 is 6.78. The monoisotopic (exact) mass is 716 g/mol. The summed E-state index contributed by atoms with van der Waals surface area (Å²) in [6.45, 7) is 4.65. The molecule has 56 heavy (non-hydrogen) atoms. The van der Waals surface area contributed by atoms with Crippen LogP contribution >= 0.6 is 0 Å². The van der Waals surface area contributed by atoms with Crippen molar-refractivity contribution >= 4 is 32.7 Å². The van der Waals surface area contributed by atoms with Crippen LogP contribution in [0.1, 0.15) is 25.0 Å². The number of hydrogen-bond acceptors (Lipinski definition) is 3. The molecule has 0 unspecified atom stereocenters. The van der Waals surface area contributed by atoms with Crippen molar-refractivity contribution < 1.29 is 4.42 Å². The zero-order valence-corrected chi connectivity index (χ0v) is 31.1. The Morgan fingerprint density at radius 3 is 1.82 bits per heavy atom. The Balaban J connectivity index is 1.09. The minimum absolute atomic E-state index is 0.117. The smallest absolute Gasteiger partial charge is 0.160 e. The lowest BCUT2D eigenvalue weighted by atomic mass is 9.82. The van der Waals surface area contributed by atoms with Crippen LogP contribution in [0.5, 0.6) is 0 Å². The molecule has 0 fully saturated rings. The van der Waals surface area contributed by atoms with Crippen LogP contribution in [0.25, 0.3) is 100.0 Å². The highest BCUT2D eigenvalue weighted by Crippen LogP contribution is 2.50. The van der Waals surface area contributed by atoms with Crippen LogP contribution in [0, 0.1) is 0 Å². The minimum Gasteiger partial charge on any atom is -0.455 e. The van der Waals surface area contributed by atoms with Crippen molar-refractivity contribution in [3.63, 3.8) is 0 Å². The standard InChI is InChI=1S/C53H36N2O/c1-53(2)46-23-12-11-21-40(46)41-26-25-38(29-47(41)53)48-32-49(55-52(54-48)34-16-7-4-8-17-34)44-31-45-42-27-24-37(30-50(42)56-51(45)43-22-10-9-20-39(43)44)36-19-13-18-35(28-36)33-14-5-3-6-15-33/h3-32H,1-2H3. The minimum atomic E-state index is -0.117. The van der Waals surface area contributed by atoms with Gasteiger partial charge < -0.3 is 4.42 Å². The number of benzene rings is 8. The maximum atomic E-state index is 6.78. The number of aromatic nitrogens is 2. The van der Waals surface area contributed by atoms with Gasteiger partial charge in [-0.25, -0.2) is 9.97 Å². The van der Waals surface area contributed by atoms with Crippen molar-refractivity contribution in [2.24, 2.45) is 0 Å². The van der Waals surface area contributed by atoms with E-state index < -0.39 is 0 Å². The van der Waals surface area contributed by atoms with Gasteiger partial charge in [0.1, 0.15) is 11.2 Å². The average molecular weight is 717 g/mol. The summed E-state index contributed by atoms with van der Waals surface area (Å²) in [4.78, 5) is 10.5. The Morgan fingerprint density at radius 2 is 1.00 bits per heavy atom. The van der Waals surface area contributed by atoms with Gasteiger partial charge in [-0.15, -0.1) is 0 Å². The van der Waals surface area contributed by atoms with Crippen LogP contribution in [0.4, 0.5) is 0 Å². The van der Waals surface area contributed by atoms with E-state index in [1.807, 2.05) is 18.2 Å². The largest absolute Gasteiger partial charge is 0.455 e. The third-order valence-corrected chi connectivity index (χ3v) is 11.7. The maximum absolute atomic E-state index is 6.78. The number of rotatable bonds is 5. The van der Waals surface area contributed by atoms with Gasteiger partial charge in [-0.1, -0.05) is 159 Å². The van der Waals surface area contributed by atoms with E-state index in [0.717, 1.165) is 71.9 Å². The molecule has 10 aromatic rings. The molecule has 3 nitrogen and oxygen atoms in total. The molecular formula is C53H36N2O. The zero-order chi connectivity index (χ0) is 37.4. The fourth-order valence-corrected chi connectivity index (χ4v) is 8.81. The normalized spacial score (nSPS) is 13.0. The van der Waals surface area contributed by atoms with Gasteiger partial charge in [0.15, 0.2) is 5.82 Å². The van der Waals surface area contributed by atoms with Crippen molar-refractivity contribution in [1.29, 1.82) is 0 Å². The molecule has 0 radical (unpaired) electrons. The third kappa shape index (κ3) is 5.12. The summed E-state index contributed by atoms with van der Waals surface area (Å²) in [7, 11) is 0. The zero-order valence-electron chi connectivity index (χ0n) is 31.1.